The Hall–Kier alpha value is -2.18. The number of thiophene rings is 1. The van der Waals surface area contributed by atoms with Crippen LogP contribution in [-0.4, -0.2) is 17.4 Å². The predicted octanol–water partition coefficient (Wildman–Crippen LogP) is 3.99. The van der Waals surface area contributed by atoms with Crippen molar-refractivity contribution in [3.63, 3.8) is 0 Å². The summed E-state index contributed by atoms with van der Waals surface area (Å²) in [6, 6.07) is 12.0. The van der Waals surface area contributed by atoms with Gasteiger partial charge >= 0.3 is 0 Å². The van der Waals surface area contributed by atoms with E-state index in [9.17, 15) is 4.79 Å². The molecule has 0 spiro atoms. The molecule has 130 valence electrons. The molecule has 0 saturated carbocycles. The van der Waals surface area contributed by atoms with Crippen molar-refractivity contribution in [3.05, 3.63) is 68.3 Å². The third-order valence-electron chi connectivity index (χ3n) is 3.60. The Balaban J connectivity index is 1.41. The van der Waals surface area contributed by atoms with Gasteiger partial charge in [-0.25, -0.2) is 4.98 Å². The average molecular weight is 373 g/mol. The van der Waals surface area contributed by atoms with Crippen LogP contribution >= 0.6 is 22.7 Å². The van der Waals surface area contributed by atoms with Crippen LogP contribution in [-0.2, 0) is 24.2 Å². The van der Waals surface area contributed by atoms with Gasteiger partial charge in [0.1, 0.15) is 17.4 Å². The van der Waals surface area contributed by atoms with Crippen LogP contribution in [0.4, 0.5) is 0 Å². The van der Waals surface area contributed by atoms with E-state index in [4.69, 9.17) is 4.74 Å². The molecule has 4 nitrogen and oxygen atoms in total. The van der Waals surface area contributed by atoms with Crippen LogP contribution in [0.5, 0.6) is 5.75 Å². The molecule has 1 aromatic carbocycles. The molecule has 0 atom stereocenters. The third kappa shape index (κ3) is 5.69. The number of hydrogen-bond donors (Lipinski definition) is 1. The second-order valence-corrected chi connectivity index (χ2v) is 7.67. The average Bonchev–Trinajstić information content (AvgIpc) is 3.26. The number of carbonyl (C=O) groups is 1. The smallest absolute Gasteiger partial charge is 0.226 e. The highest BCUT2D eigenvalue weighted by atomic mass is 32.1. The Labute approximate surface area is 155 Å². The van der Waals surface area contributed by atoms with Crippen molar-refractivity contribution in [1.29, 1.82) is 0 Å². The van der Waals surface area contributed by atoms with Crippen LogP contribution in [0, 0.1) is 6.92 Å². The number of amides is 1. The lowest BCUT2D eigenvalue weighted by molar-refractivity contribution is -0.120. The number of nitrogens with zero attached hydrogens (tertiary/aromatic N) is 1. The molecule has 3 rings (SSSR count). The highest BCUT2D eigenvalue weighted by Crippen LogP contribution is 2.16. The van der Waals surface area contributed by atoms with Crippen LogP contribution in [0.15, 0.2) is 47.2 Å². The van der Waals surface area contributed by atoms with Crippen molar-refractivity contribution < 1.29 is 9.53 Å². The number of hydrogen-bond acceptors (Lipinski definition) is 5. The van der Waals surface area contributed by atoms with E-state index in [2.05, 4.69) is 16.4 Å². The number of nitrogens with one attached hydrogen (secondary N) is 1. The van der Waals surface area contributed by atoms with Gasteiger partial charge in [-0.05, 0) is 36.9 Å². The lowest BCUT2D eigenvalue weighted by Crippen LogP contribution is -2.27. The zero-order valence-corrected chi connectivity index (χ0v) is 15.7. The first kappa shape index (κ1) is 17.6. The number of thiazole rings is 1. The quantitative estimate of drug-likeness (QED) is 0.650. The van der Waals surface area contributed by atoms with E-state index in [1.54, 1.807) is 11.3 Å². The minimum Gasteiger partial charge on any atom is -0.486 e. The first-order chi connectivity index (χ1) is 12.2. The number of carbonyl (C=O) groups excluding carboxylic acids is 1. The van der Waals surface area contributed by atoms with Crippen molar-refractivity contribution in [2.24, 2.45) is 0 Å². The maximum atomic E-state index is 12.0. The largest absolute Gasteiger partial charge is 0.486 e. The Kier molecular flexibility index (Phi) is 6.19. The van der Waals surface area contributed by atoms with Crippen molar-refractivity contribution >= 4 is 28.6 Å². The van der Waals surface area contributed by atoms with Gasteiger partial charge in [0.05, 0.1) is 12.1 Å². The monoisotopic (exact) mass is 372 g/mol. The first-order valence-corrected chi connectivity index (χ1v) is 9.87. The van der Waals surface area contributed by atoms with Gasteiger partial charge in [0, 0.05) is 16.8 Å². The minimum atomic E-state index is 0.00728. The molecule has 0 fully saturated rings. The van der Waals surface area contributed by atoms with E-state index in [1.807, 2.05) is 48.0 Å². The lowest BCUT2D eigenvalue weighted by Gasteiger charge is -2.04. The molecule has 0 aliphatic carbocycles. The summed E-state index contributed by atoms with van der Waals surface area (Å²) in [6.07, 6.45) is 1.18. The van der Waals surface area contributed by atoms with Gasteiger partial charge in [0.25, 0.3) is 0 Å². The minimum absolute atomic E-state index is 0.00728. The third-order valence-corrected chi connectivity index (χ3v) is 5.41. The first-order valence-electron chi connectivity index (χ1n) is 8.11. The summed E-state index contributed by atoms with van der Waals surface area (Å²) in [5, 5.41) is 7.79. The second-order valence-electron chi connectivity index (χ2n) is 5.69. The highest BCUT2D eigenvalue weighted by molar-refractivity contribution is 7.10. The zero-order chi connectivity index (χ0) is 17.5. The van der Waals surface area contributed by atoms with Gasteiger partial charge in [-0.1, -0.05) is 23.8 Å². The summed E-state index contributed by atoms with van der Waals surface area (Å²) < 4.78 is 5.72. The topological polar surface area (TPSA) is 51.2 Å². The second kappa shape index (κ2) is 8.78. The van der Waals surface area contributed by atoms with Gasteiger partial charge in [-0.3, -0.25) is 4.79 Å². The summed E-state index contributed by atoms with van der Waals surface area (Å²) in [5.41, 5.74) is 2.00. The lowest BCUT2D eigenvalue weighted by atomic mass is 10.2. The van der Waals surface area contributed by atoms with Gasteiger partial charge in [-0.15, -0.1) is 22.7 Å². The summed E-state index contributed by atoms with van der Waals surface area (Å²) in [4.78, 5) is 17.7. The predicted molar refractivity (Wildman–Crippen MR) is 102 cm³/mol. The Morgan fingerprint density at radius 1 is 1.20 bits per heavy atom. The van der Waals surface area contributed by atoms with Crippen LogP contribution in [0.2, 0.25) is 0 Å². The van der Waals surface area contributed by atoms with E-state index < -0.39 is 0 Å². The van der Waals surface area contributed by atoms with Crippen LogP contribution in [0.1, 0.15) is 21.1 Å². The molecule has 6 heteroatoms. The maximum Gasteiger partial charge on any atom is 0.226 e. The molecule has 1 N–H and O–H groups in total. The summed E-state index contributed by atoms with van der Waals surface area (Å²) in [6.45, 7) is 3.13. The molecule has 0 radical (unpaired) electrons. The van der Waals surface area contributed by atoms with E-state index in [1.165, 1.54) is 21.8 Å². The molecule has 2 aromatic heterocycles. The fourth-order valence-electron chi connectivity index (χ4n) is 2.28. The van der Waals surface area contributed by atoms with Gasteiger partial charge < -0.3 is 10.1 Å². The van der Waals surface area contributed by atoms with Crippen LogP contribution in [0.3, 0.4) is 0 Å². The van der Waals surface area contributed by atoms with Crippen molar-refractivity contribution in [2.75, 3.05) is 6.54 Å². The Morgan fingerprint density at radius 2 is 2.04 bits per heavy atom. The van der Waals surface area contributed by atoms with Crippen molar-refractivity contribution in [3.8, 4) is 5.75 Å². The number of benzene rings is 1. The standard InChI is InChI=1S/C19H20N2O2S2/c1-14-4-6-16(7-5-14)23-12-19-21-15(13-25-19)11-18(22)20-9-8-17-3-2-10-24-17/h2-7,10,13H,8-9,11-12H2,1H3,(H,20,22). The molecule has 25 heavy (non-hydrogen) atoms. The van der Waals surface area contributed by atoms with Gasteiger partial charge in [-0.2, -0.15) is 0 Å². The Bertz CT molecular complexity index is 795. The number of aryl methyl sites for hydroxylation is 1. The van der Waals surface area contributed by atoms with Crippen molar-refractivity contribution in [2.45, 2.75) is 26.4 Å². The van der Waals surface area contributed by atoms with Gasteiger partial charge in [0.2, 0.25) is 5.91 Å². The number of aromatic nitrogens is 1. The maximum absolute atomic E-state index is 12.0. The molecular formula is C19H20N2O2S2. The van der Waals surface area contributed by atoms with Crippen molar-refractivity contribution in [1.82, 2.24) is 10.3 Å². The van der Waals surface area contributed by atoms with E-state index >= 15 is 0 Å². The van der Waals surface area contributed by atoms with Gasteiger partial charge in [0.15, 0.2) is 0 Å². The summed E-state index contributed by atoms with van der Waals surface area (Å²) >= 11 is 3.23. The molecule has 0 aliphatic heterocycles. The molecule has 0 saturated heterocycles. The van der Waals surface area contributed by atoms with E-state index in [-0.39, 0.29) is 5.91 Å². The Morgan fingerprint density at radius 3 is 2.80 bits per heavy atom. The molecule has 2 heterocycles. The highest BCUT2D eigenvalue weighted by Gasteiger charge is 2.08. The zero-order valence-electron chi connectivity index (χ0n) is 14.0. The molecule has 0 aliphatic rings. The van der Waals surface area contributed by atoms with Crippen LogP contribution < -0.4 is 10.1 Å². The molecule has 1 amide bonds. The van der Waals surface area contributed by atoms with E-state index in [0.717, 1.165) is 22.9 Å². The normalized spacial score (nSPS) is 10.6. The summed E-state index contributed by atoms with van der Waals surface area (Å²) in [7, 11) is 0. The number of ether oxygens (including phenoxy) is 1. The molecular weight excluding hydrogens is 352 g/mol. The molecule has 3 aromatic rings. The SMILES string of the molecule is Cc1ccc(OCc2nc(CC(=O)NCCc3cccs3)cs2)cc1. The fourth-order valence-corrected chi connectivity index (χ4v) is 3.70. The fraction of sp³-hybridized carbons (Fsp3) is 0.263. The van der Waals surface area contributed by atoms with Crippen LogP contribution in [0.25, 0.3) is 0 Å². The van der Waals surface area contributed by atoms with E-state index in [0.29, 0.717) is 19.6 Å². The number of rotatable bonds is 8. The molecule has 0 bridgehead atoms. The summed E-state index contributed by atoms with van der Waals surface area (Å²) in [5.74, 6) is 0.835. The molecule has 0 unspecified atom stereocenters.